The van der Waals surface area contributed by atoms with Gasteiger partial charge in [-0.2, -0.15) is 0 Å². The number of hydrogen-bond acceptors (Lipinski definition) is 4. The van der Waals surface area contributed by atoms with E-state index in [4.69, 9.17) is 9.26 Å². The van der Waals surface area contributed by atoms with Crippen LogP contribution in [0.25, 0.3) is 10.9 Å². The molecule has 0 radical (unpaired) electrons. The first-order chi connectivity index (χ1) is 12.8. The molecule has 1 saturated heterocycles. The van der Waals surface area contributed by atoms with Crippen molar-refractivity contribution in [2.75, 3.05) is 13.1 Å². The smallest absolute Gasteiger partial charge is 0.317 e. The monoisotopic (exact) mass is 354 g/mol. The number of nitrogens with zero attached hydrogens (tertiary/aromatic N) is 2. The summed E-state index contributed by atoms with van der Waals surface area (Å²) in [6.07, 6.45) is 4.93. The van der Waals surface area contributed by atoms with E-state index in [0.29, 0.717) is 13.2 Å². The molecule has 3 aromatic rings. The minimum atomic E-state index is 0.0139. The zero-order chi connectivity index (χ0) is 17.8. The first kappa shape index (κ1) is 16.5. The second-order valence-electron chi connectivity index (χ2n) is 6.53. The summed E-state index contributed by atoms with van der Waals surface area (Å²) >= 11 is 0. The van der Waals surface area contributed by atoms with Gasteiger partial charge >= 0.3 is 6.03 Å². The lowest BCUT2D eigenvalue weighted by Gasteiger charge is -2.26. The van der Waals surface area contributed by atoms with Crippen molar-refractivity contribution in [1.82, 2.24) is 20.4 Å². The predicted octanol–water partition coefficient (Wildman–Crippen LogP) is 3.43. The largest absolute Gasteiger partial charge is 0.487 e. The number of aromatic nitrogens is 2. The molecule has 0 spiro atoms. The molecule has 0 unspecified atom stereocenters. The van der Waals surface area contributed by atoms with Crippen molar-refractivity contribution in [3.63, 3.8) is 0 Å². The third-order valence-corrected chi connectivity index (χ3v) is 4.60. The van der Waals surface area contributed by atoms with Gasteiger partial charge in [-0.1, -0.05) is 5.16 Å². The summed E-state index contributed by atoms with van der Waals surface area (Å²) in [5, 5.41) is 7.90. The van der Waals surface area contributed by atoms with Gasteiger partial charge in [0, 0.05) is 36.4 Å². The molecular weight excluding hydrogens is 332 g/mol. The van der Waals surface area contributed by atoms with Crippen molar-refractivity contribution in [3.8, 4) is 5.75 Å². The van der Waals surface area contributed by atoms with Crippen LogP contribution in [-0.2, 0) is 13.2 Å². The Kier molecular flexibility index (Phi) is 4.77. The highest BCUT2D eigenvalue weighted by atomic mass is 16.5. The first-order valence-corrected chi connectivity index (χ1v) is 8.94. The lowest BCUT2D eigenvalue weighted by atomic mass is 10.1. The van der Waals surface area contributed by atoms with E-state index in [9.17, 15) is 4.79 Å². The Hall–Kier alpha value is -2.96. The van der Waals surface area contributed by atoms with Gasteiger partial charge < -0.3 is 24.5 Å². The van der Waals surface area contributed by atoms with E-state index < -0.39 is 0 Å². The third kappa shape index (κ3) is 3.82. The van der Waals surface area contributed by atoms with Crippen LogP contribution in [0.3, 0.4) is 0 Å². The average Bonchev–Trinajstić information content (AvgIpc) is 3.34. The van der Waals surface area contributed by atoms with Crippen LogP contribution >= 0.6 is 0 Å². The molecule has 3 heterocycles. The molecule has 7 nitrogen and oxygen atoms in total. The number of aromatic amines is 1. The predicted molar refractivity (Wildman–Crippen MR) is 96.8 cm³/mol. The van der Waals surface area contributed by atoms with Crippen LogP contribution in [0.15, 0.2) is 41.1 Å². The number of carbonyl (C=O) groups is 1. The molecule has 4 rings (SSSR count). The average molecular weight is 354 g/mol. The van der Waals surface area contributed by atoms with Gasteiger partial charge in [-0.25, -0.2) is 4.79 Å². The normalized spacial score (nSPS) is 14.5. The molecule has 0 saturated carbocycles. The van der Waals surface area contributed by atoms with Crippen molar-refractivity contribution >= 4 is 16.9 Å². The van der Waals surface area contributed by atoms with Gasteiger partial charge in [-0.15, -0.1) is 0 Å². The van der Waals surface area contributed by atoms with Crippen LogP contribution in [0.5, 0.6) is 5.75 Å². The Morgan fingerprint density at radius 1 is 1.23 bits per heavy atom. The van der Waals surface area contributed by atoms with Gasteiger partial charge in [-0.05, 0) is 42.8 Å². The van der Waals surface area contributed by atoms with E-state index in [1.165, 1.54) is 12.7 Å². The number of hydrogen-bond donors (Lipinski definition) is 2. The molecule has 2 amide bonds. The number of likely N-dealkylation sites (tertiary alicyclic amines) is 1. The maximum atomic E-state index is 12.2. The maximum Gasteiger partial charge on any atom is 0.317 e. The van der Waals surface area contributed by atoms with Crippen LogP contribution in [0.4, 0.5) is 4.79 Å². The summed E-state index contributed by atoms with van der Waals surface area (Å²) in [7, 11) is 0. The van der Waals surface area contributed by atoms with E-state index in [0.717, 1.165) is 54.0 Å². The van der Waals surface area contributed by atoms with Crippen molar-refractivity contribution < 1.29 is 14.1 Å². The number of urea groups is 1. The Morgan fingerprint density at radius 3 is 2.92 bits per heavy atom. The van der Waals surface area contributed by atoms with Gasteiger partial charge in [-0.3, -0.25) is 0 Å². The number of ether oxygens (including phenoxy) is 1. The minimum absolute atomic E-state index is 0.0139. The van der Waals surface area contributed by atoms with E-state index in [1.54, 1.807) is 6.07 Å². The SMILES string of the molecule is O=C(NCc1cc2ccc(OCc3ccon3)cc2[nH]1)N1CCCCC1. The summed E-state index contributed by atoms with van der Waals surface area (Å²) < 4.78 is 10.5. The van der Waals surface area contributed by atoms with Crippen LogP contribution < -0.4 is 10.1 Å². The fourth-order valence-corrected chi connectivity index (χ4v) is 3.20. The number of fused-ring (bicyclic) bond motifs is 1. The Bertz CT molecular complexity index is 866. The Morgan fingerprint density at radius 2 is 2.12 bits per heavy atom. The van der Waals surface area contributed by atoms with E-state index >= 15 is 0 Å². The molecule has 0 bridgehead atoms. The fourth-order valence-electron chi connectivity index (χ4n) is 3.20. The number of rotatable bonds is 5. The fraction of sp³-hybridized carbons (Fsp3) is 0.368. The second-order valence-corrected chi connectivity index (χ2v) is 6.53. The van der Waals surface area contributed by atoms with Gasteiger partial charge in [0.15, 0.2) is 0 Å². The molecule has 2 aromatic heterocycles. The number of nitrogens with one attached hydrogen (secondary N) is 2. The summed E-state index contributed by atoms with van der Waals surface area (Å²) in [4.78, 5) is 17.4. The topological polar surface area (TPSA) is 83.4 Å². The third-order valence-electron chi connectivity index (χ3n) is 4.60. The van der Waals surface area contributed by atoms with Gasteiger partial charge in [0.25, 0.3) is 0 Å². The van der Waals surface area contributed by atoms with Gasteiger partial charge in [0.05, 0.1) is 6.54 Å². The highest BCUT2D eigenvalue weighted by molar-refractivity contribution is 5.82. The lowest BCUT2D eigenvalue weighted by molar-refractivity contribution is 0.186. The molecule has 0 atom stereocenters. The van der Waals surface area contributed by atoms with Gasteiger partial charge in [0.2, 0.25) is 0 Å². The number of benzene rings is 1. The minimum Gasteiger partial charge on any atom is -0.487 e. The zero-order valence-corrected chi connectivity index (χ0v) is 14.5. The van der Waals surface area contributed by atoms with Crippen molar-refractivity contribution in [2.24, 2.45) is 0 Å². The Labute approximate surface area is 151 Å². The molecule has 1 aliphatic heterocycles. The van der Waals surface area contributed by atoms with Crippen molar-refractivity contribution in [2.45, 2.75) is 32.4 Å². The number of carbonyl (C=O) groups excluding carboxylic acids is 1. The molecule has 26 heavy (non-hydrogen) atoms. The molecule has 1 fully saturated rings. The molecule has 1 aromatic carbocycles. The zero-order valence-electron chi connectivity index (χ0n) is 14.5. The molecular formula is C19H22N4O3. The van der Waals surface area contributed by atoms with Crippen LogP contribution in [-0.4, -0.2) is 34.2 Å². The van der Waals surface area contributed by atoms with Crippen LogP contribution in [0.1, 0.15) is 30.7 Å². The maximum absolute atomic E-state index is 12.2. The summed E-state index contributed by atoms with van der Waals surface area (Å²) in [6.45, 7) is 2.55. The number of H-pyrrole nitrogens is 1. The Balaban J connectivity index is 1.36. The molecule has 1 aliphatic rings. The standard InChI is InChI=1S/C19H22N4O3/c24-19(23-7-2-1-3-8-23)20-12-16-10-14-4-5-17(11-18(14)21-16)25-13-15-6-9-26-22-15/h4-6,9-11,21H,1-3,7-8,12-13H2,(H,20,24). The quantitative estimate of drug-likeness (QED) is 0.735. The highest BCUT2D eigenvalue weighted by Crippen LogP contribution is 2.22. The van der Waals surface area contributed by atoms with Crippen molar-refractivity contribution in [3.05, 3.63) is 48.0 Å². The lowest BCUT2D eigenvalue weighted by Crippen LogP contribution is -2.42. The number of amides is 2. The van der Waals surface area contributed by atoms with Crippen LogP contribution in [0.2, 0.25) is 0 Å². The van der Waals surface area contributed by atoms with Crippen molar-refractivity contribution in [1.29, 1.82) is 0 Å². The molecule has 2 N–H and O–H groups in total. The summed E-state index contributed by atoms with van der Waals surface area (Å²) in [6, 6.07) is 9.71. The van der Waals surface area contributed by atoms with E-state index in [1.807, 2.05) is 29.2 Å². The van der Waals surface area contributed by atoms with E-state index in [-0.39, 0.29) is 6.03 Å². The highest BCUT2D eigenvalue weighted by Gasteiger charge is 2.16. The molecule has 136 valence electrons. The molecule has 0 aliphatic carbocycles. The number of piperidine rings is 1. The van der Waals surface area contributed by atoms with E-state index in [2.05, 4.69) is 15.5 Å². The molecule has 7 heteroatoms. The summed E-state index contributed by atoms with van der Waals surface area (Å²) in [5.74, 6) is 0.756. The van der Waals surface area contributed by atoms with Crippen LogP contribution in [0, 0.1) is 0 Å². The first-order valence-electron chi connectivity index (χ1n) is 8.94. The second kappa shape index (κ2) is 7.51. The summed E-state index contributed by atoms with van der Waals surface area (Å²) in [5.41, 5.74) is 2.70. The van der Waals surface area contributed by atoms with Gasteiger partial charge in [0.1, 0.15) is 24.3 Å².